The lowest BCUT2D eigenvalue weighted by atomic mass is 10.1. The van der Waals surface area contributed by atoms with Crippen molar-refractivity contribution in [2.75, 3.05) is 18.5 Å². The third-order valence-electron chi connectivity index (χ3n) is 4.09. The van der Waals surface area contributed by atoms with Crippen LogP contribution in [-0.4, -0.2) is 29.9 Å². The maximum Gasteiger partial charge on any atom is 0.255 e. The molecule has 0 aliphatic heterocycles. The van der Waals surface area contributed by atoms with Gasteiger partial charge in [0.15, 0.2) is 0 Å². The minimum absolute atomic E-state index is 0.0872. The summed E-state index contributed by atoms with van der Waals surface area (Å²) in [6.45, 7) is 8.55. The average Bonchev–Trinajstić information content (AvgIpc) is 2.62. The molecule has 0 unspecified atom stereocenters. The molecule has 27 heavy (non-hydrogen) atoms. The van der Waals surface area contributed by atoms with E-state index in [9.17, 15) is 9.59 Å². The zero-order chi connectivity index (χ0) is 19.8. The Bertz CT molecular complexity index is 795. The molecule has 2 N–H and O–H groups in total. The Morgan fingerprint density at radius 2 is 1.89 bits per heavy atom. The second-order valence-electron chi connectivity index (χ2n) is 6.38. The van der Waals surface area contributed by atoms with Crippen LogP contribution in [0.2, 0.25) is 0 Å². The number of hydrogen-bond acceptors (Lipinski definition) is 4. The molecule has 0 aliphatic rings. The molecule has 144 valence electrons. The number of para-hydroxylation sites is 1. The molecule has 6 heteroatoms. The molecule has 0 saturated heterocycles. The molecule has 0 atom stereocenters. The van der Waals surface area contributed by atoms with E-state index >= 15 is 0 Å². The standard InChI is InChI=1S/C21H27N3O3/c1-5-27-18-10-7-6-9-17(18)21(26)22-12-8-11-19(25)24-20-14(2)13-15(3)23-16(20)4/h6-7,9-10,13H,5,8,11-12H2,1-4H3,(H,22,26)(H,24,25). The summed E-state index contributed by atoms with van der Waals surface area (Å²) in [5.41, 5.74) is 4.00. The number of carbonyl (C=O) groups excluding carboxylic acids is 2. The molecule has 0 bridgehead atoms. The van der Waals surface area contributed by atoms with Gasteiger partial charge in [-0.25, -0.2) is 0 Å². The molecular formula is C21H27N3O3. The van der Waals surface area contributed by atoms with Crippen LogP contribution in [0.15, 0.2) is 30.3 Å². The van der Waals surface area contributed by atoms with Gasteiger partial charge in [0.1, 0.15) is 5.75 Å². The molecule has 6 nitrogen and oxygen atoms in total. The van der Waals surface area contributed by atoms with Crippen LogP contribution in [0.4, 0.5) is 5.69 Å². The van der Waals surface area contributed by atoms with Gasteiger partial charge in [-0.15, -0.1) is 0 Å². The molecule has 1 aromatic carbocycles. The summed E-state index contributed by atoms with van der Waals surface area (Å²) in [7, 11) is 0. The Balaban J connectivity index is 1.82. The Labute approximate surface area is 160 Å². The number of amides is 2. The smallest absolute Gasteiger partial charge is 0.255 e. The Kier molecular flexibility index (Phi) is 7.34. The summed E-state index contributed by atoms with van der Waals surface area (Å²) in [6, 6.07) is 9.06. The lowest BCUT2D eigenvalue weighted by molar-refractivity contribution is -0.116. The third kappa shape index (κ3) is 5.81. The van der Waals surface area contributed by atoms with E-state index in [0.717, 1.165) is 22.6 Å². The number of carbonyl (C=O) groups is 2. The Hall–Kier alpha value is -2.89. The molecule has 0 spiro atoms. The largest absolute Gasteiger partial charge is 0.493 e. The molecule has 0 radical (unpaired) electrons. The minimum atomic E-state index is -0.200. The summed E-state index contributed by atoms with van der Waals surface area (Å²) in [5.74, 6) is 0.276. The molecule has 2 aromatic rings. The van der Waals surface area contributed by atoms with Gasteiger partial charge in [-0.05, 0) is 57.9 Å². The second-order valence-corrected chi connectivity index (χ2v) is 6.38. The van der Waals surface area contributed by atoms with E-state index in [2.05, 4.69) is 15.6 Å². The highest BCUT2D eigenvalue weighted by molar-refractivity contribution is 5.97. The molecule has 2 amide bonds. The van der Waals surface area contributed by atoms with Crippen molar-refractivity contribution in [2.24, 2.45) is 0 Å². The fourth-order valence-electron chi connectivity index (χ4n) is 2.90. The van der Waals surface area contributed by atoms with E-state index in [-0.39, 0.29) is 11.8 Å². The summed E-state index contributed by atoms with van der Waals surface area (Å²) >= 11 is 0. The number of nitrogens with one attached hydrogen (secondary N) is 2. The van der Waals surface area contributed by atoms with Gasteiger partial charge in [0, 0.05) is 18.7 Å². The first-order valence-electron chi connectivity index (χ1n) is 9.17. The SMILES string of the molecule is CCOc1ccccc1C(=O)NCCCC(=O)Nc1c(C)cc(C)nc1C. The number of rotatable bonds is 8. The van der Waals surface area contributed by atoms with E-state index in [0.29, 0.717) is 37.3 Å². The first-order valence-corrected chi connectivity index (χ1v) is 9.17. The summed E-state index contributed by atoms with van der Waals surface area (Å²) < 4.78 is 5.47. The van der Waals surface area contributed by atoms with Crippen LogP contribution in [0.25, 0.3) is 0 Å². The van der Waals surface area contributed by atoms with E-state index in [4.69, 9.17) is 4.74 Å². The van der Waals surface area contributed by atoms with Crippen LogP contribution in [0.3, 0.4) is 0 Å². The molecule has 0 fully saturated rings. The van der Waals surface area contributed by atoms with E-state index in [1.54, 1.807) is 18.2 Å². The number of hydrogen-bond donors (Lipinski definition) is 2. The average molecular weight is 369 g/mol. The summed E-state index contributed by atoms with van der Waals surface area (Å²) in [6.07, 6.45) is 0.867. The number of ether oxygens (including phenoxy) is 1. The highest BCUT2D eigenvalue weighted by Crippen LogP contribution is 2.20. The summed E-state index contributed by atoms with van der Waals surface area (Å²) in [5, 5.41) is 5.75. The van der Waals surface area contributed by atoms with Crippen LogP contribution in [0.5, 0.6) is 5.75 Å². The molecule has 0 saturated carbocycles. The van der Waals surface area contributed by atoms with Crippen molar-refractivity contribution in [1.82, 2.24) is 10.3 Å². The van der Waals surface area contributed by atoms with Gasteiger partial charge < -0.3 is 15.4 Å². The normalized spacial score (nSPS) is 10.4. The maximum atomic E-state index is 12.3. The minimum Gasteiger partial charge on any atom is -0.493 e. The summed E-state index contributed by atoms with van der Waals surface area (Å²) in [4.78, 5) is 28.9. The molecule has 0 aliphatic carbocycles. The second kappa shape index (κ2) is 9.71. The van der Waals surface area contributed by atoms with Crippen LogP contribution < -0.4 is 15.4 Å². The van der Waals surface area contributed by atoms with Crippen molar-refractivity contribution in [3.8, 4) is 5.75 Å². The third-order valence-corrected chi connectivity index (χ3v) is 4.09. The monoisotopic (exact) mass is 369 g/mol. The number of aromatic nitrogens is 1. The van der Waals surface area contributed by atoms with Gasteiger partial charge in [0.05, 0.1) is 23.6 Å². The van der Waals surface area contributed by atoms with Gasteiger partial charge in [-0.3, -0.25) is 14.6 Å². The predicted molar refractivity (Wildman–Crippen MR) is 106 cm³/mol. The van der Waals surface area contributed by atoms with Crippen LogP contribution in [0.1, 0.15) is 47.1 Å². The highest BCUT2D eigenvalue weighted by Gasteiger charge is 2.12. The maximum absolute atomic E-state index is 12.3. The van der Waals surface area contributed by atoms with Gasteiger partial charge in [-0.2, -0.15) is 0 Å². The highest BCUT2D eigenvalue weighted by atomic mass is 16.5. The van der Waals surface area contributed by atoms with Gasteiger partial charge in [0.25, 0.3) is 5.91 Å². The molecular weight excluding hydrogens is 342 g/mol. The molecule has 1 aromatic heterocycles. The number of anilines is 1. The lowest BCUT2D eigenvalue weighted by Crippen LogP contribution is -2.26. The van der Waals surface area contributed by atoms with Gasteiger partial charge >= 0.3 is 0 Å². The van der Waals surface area contributed by atoms with Gasteiger partial charge in [0.2, 0.25) is 5.91 Å². The van der Waals surface area contributed by atoms with Gasteiger partial charge in [-0.1, -0.05) is 12.1 Å². The van der Waals surface area contributed by atoms with Crippen molar-refractivity contribution in [1.29, 1.82) is 0 Å². The molecule has 2 rings (SSSR count). The zero-order valence-electron chi connectivity index (χ0n) is 16.4. The first kappa shape index (κ1) is 20.4. The van der Waals surface area contributed by atoms with Crippen molar-refractivity contribution in [2.45, 2.75) is 40.5 Å². The Morgan fingerprint density at radius 1 is 1.15 bits per heavy atom. The quantitative estimate of drug-likeness (QED) is 0.697. The van der Waals surface area contributed by atoms with E-state index in [1.165, 1.54) is 0 Å². The van der Waals surface area contributed by atoms with Crippen molar-refractivity contribution >= 4 is 17.5 Å². The Morgan fingerprint density at radius 3 is 2.59 bits per heavy atom. The number of benzene rings is 1. The van der Waals surface area contributed by atoms with Crippen molar-refractivity contribution < 1.29 is 14.3 Å². The molecule has 1 heterocycles. The van der Waals surface area contributed by atoms with Crippen LogP contribution in [-0.2, 0) is 4.79 Å². The van der Waals surface area contributed by atoms with E-state index in [1.807, 2.05) is 39.8 Å². The zero-order valence-corrected chi connectivity index (χ0v) is 16.4. The number of pyridine rings is 1. The topological polar surface area (TPSA) is 80.3 Å². The van der Waals surface area contributed by atoms with Crippen LogP contribution in [0, 0.1) is 20.8 Å². The van der Waals surface area contributed by atoms with Crippen LogP contribution >= 0.6 is 0 Å². The van der Waals surface area contributed by atoms with Crippen molar-refractivity contribution in [3.05, 3.63) is 52.8 Å². The fraction of sp³-hybridized carbons (Fsp3) is 0.381. The lowest BCUT2D eigenvalue weighted by Gasteiger charge is -2.12. The van der Waals surface area contributed by atoms with Crippen molar-refractivity contribution in [3.63, 3.8) is 0 Å². The predicted octanol–water partition coefficient (Wildman–Crippen LogP) is 3.55. The number of nitrogens with zero attached hydrogens (tertiary/aromatic N) is 1. The van der Waals surface area contributed by atoms with E-state index < -0.39 is 0 Å². The first-order chi connectivity index (χ1) is 12.9. The fourth-order valence-corrected chi connectivity index (χ4v) is 2.90. The number of aryl methyl sites for hydroxylation is 3.